The van der Waals surface area contributed by atoms with Gasteiger partial charge >= 0.3 is 0 Å². The highest BCUT2D eigenvalue weighted by molar-refractivity contribution is 6.33. The van der Waals surface area contributed by atoms with Crippen LogP contribution >= 0.6 is 11.6 Å². The van der Waals surface area contributed by atoms with Crippen molar-refractivity contribution < 1.29 is 9.47 Å². The van der Waals surface area contributed by atoms with Gasteiger partial charge in [0.2, 0.25) is 0 Å². The van der Waals surface area contributed by atoms with E-state index in [2.05, 4.69) is 22.3 Å². The zero-order valence-corrected chi connectivity index (χ0v) is 16.0. The summed E-state index contributed by atoms with van der Waals surface area (Å²) in [6, 6.07) is 27.6. The summed E-state index contributed by atoms with van der Waals surface area (Å²) in [6.07, 6.45) is 0. The normalized spacial score (nSPS) is 12.8. The van der Waals surface area contributed by atoms with Crippen LogP contribution in [0.15, 0.2) is 84.9 Å². The van der Waals surface area contributed by atoms with Gasteiger partial charge in [-0.1, -0.05) is 41.9 Å². The van der Waals surface area contributed by atoms with Crippen molar-refractivity contribution in [2.75, 3.05) is 10.2 Å². The predicted molar refractivity (Wildman–Crippen MR) is 116 cm³/mol. The van der Waals surface area contributed by atoms with Crippen molar-refractivity contribution in [1.82, 2.24) is 0 Å². The number of nitrogens with zero attached hydrogens (tertiary/aromatic N) is 1. The number of anilines is 5. The lowest BCUT2D eigenvalue weighted by Crippen LogP contribution is -2.20. The van der Waals surface area contributed by atoms with Crippen LogP contribution in [0, 0.1) is 0 Å². The largest absolute Gasteiger partial charge is 0.453 e. The van der Waals surface area contributed by atoms with Crippen LogP contribution in [0.5, 0.6) is 23.0 Å². The zero-order chi connectivity index (χ0) is 19.4. The van der Waals surface area contributed by atoms with E-state index >= 15 is 0 Å². The van der Waals surface area contributed by atoms with Crippen LogP contribution in [0.3, 0.4) is 0 Å². The maximum Gasteiger partial charge on any atom is 0.155 e. The van der Waals surface area contributed by atoms with E-state index in [1.54, 1.807) is 0 Å². The van der Waals surface area contributed by atoms with Gasteiger partial charge < -0.3 is 14.8 Å². The number of fused-ring (bicyclic) bond motifs is 4. The molecule has 6 rings (SSSR count). The van der Waals surface area contributed by atoms with Crippen LogP contribution in [0.4, 0.5) is 28.4 Å². The Labute approximate surface area is 172 Å². The van der Waals surface area contributed by atoms with Crippen molar-refractivity contribution in [3.8, 4) is 23.0 Å². The van der Waals surface area contributed by atoms with Crippen molar-refractivity contribution in [2.24, 2.45) is 0 Å². The number of benzene rings is 4. The second-order valence-electron chi connectivity index (χ2n) is 6.90. The predicted octanol–water partition coefficient (Wildman–Crippen LogP) is 7.76. The lowest BCUT2D eigenvalue weighted by Gasteiger charge is -2.37. The molecule has 29 heavy (non-hydrogen) atoms. The summed E-state index contributed by atoms with van der Waals surface area (Å²) in [7, 11) is 0. The van der Waals surface area contributed by atoms with E-state index in [9.17, 15) is 0 Å². The summed E-state index contributed by atoms with van der Waals surface area (Å²) in [4.78, 5) is 2.20. The van der Waals surface area contributed by atoms with E-state index < -0.39 is 0 Å². The molecule has 0 saturated carbocycles. The van der Waals surface area contributed by atoms with Crippen molar-refractivity contribution in [3.05, 3.63) is 90.0 Å². The van der Waals surface area contributed by atoms with Crippen LogP contribution in [-0.2, 0) is 0 Å². The summed E-state index contributed by atoms with van der Waals surface area (Å²) in [6.45, 7) is 0. The summed E-state index contributed by atoms with van der Waals surface area (Å²) in [5.41, 5.74) is 4.63. The summed E-state index contributed by atoms with van der Waals surface area (Å²) < 4.78 is 12.4. The molecule has 0 saturated heterocycles. The van der Waals surface area contributed by atoms with Crippen LogP contribution in [-0.4, -0.2) is 0 Å². The molecule has 0 unspecified atom stereocenters. The number of halogens is 1. The number of nitrogens with one attached hydrogen (secondary N) is 1. The number of rotatable bonds is 2. The van der Waals surface area contributed by atoms with Crippen LogP contribution in [0.25, 0.3) is 0 Å². The first-order valence-electron chi connectivity index (χ1n) is 9.31. The molecule has 0 fully saturated rings. The van der Waals surface area contributed by atoms with Gasteiger partial charge in [-0.2, -0.15) is 0 Å². The quantitative estimate of drug-likeness (QED) is 0.323. The van der Waals surface area contributed by atoms with Crippen LogP contribution in [0.1, 0.15) is 0 Å². The molecule has 2 aliphatic rings. The van der Waals surface area contributed by atoms with Gasteiger partial charge in [0.05, 0.1) is 22.1 Å². The number of ether oxygens (including phenoxy) is 2. The third kappa shape index (κ3) is 2.53. The fourth-order valence-corrected chi connectivity index (χ4v) is 3.98. The molecule has 0 amide bonds. The third-order valence-electron chi connectivity index (χ3n) is 5.09. The van der Waals surface area contributed by atoms with Crippen LogP contribution < -0.4 is 19.7 Å². The molecule has 140 valence electrons. The van der Waals surface area contributed by atoms with E-state index in [-0.39, 0.29) is 0 Å². The fourth-order valence-electron chi connectivity index (χ4n) is 3.80. The topological polar surface area (TPSA) is 33.7 Å². The second kappa shape index (κ2) is 6.19. The molecule has 4 nitrogen and oxygen atoms in total. The third-order valence-corrected chi connectivity index (χ3v) is 5.41. The van der Waals surface area contributed by atoms with Gasteiger partial charge in [-0.15, -0.1) is 0 Å². The molecular weight excluding hydrogens is 384 g/mol. The molecule has 0 radical (unpaired) electrons. The minimum Gasteiger partial charge on any atom is -0.453 e. The smallest absolute Gasteiger partial charge is 0.155 e. The maximum atomic E-state index is 6.30. The van der Waals surface area contributed by atoms with Gasteiger partial charge in [0, 0.05) is 11.8 Å². The Morgan fingerprint density at radius 3 is 2.21 bits per heavy atom. The molecule has 2 heterocycles. The molecule has 4 aromatic carbocycles. The Hall–Kier alpha value is -3.63. The van der Waals surface area contributed by atoms with E-state index in [4.69, 9.17) is 21.1 Å². The molecule has 0 aliphatic carbocycles. The molecule has 4 aromatic rings. The summed E-state index contributed by atoms with van der Waals surface area (Å²) in [5, 5.41) is 4.04. The van der Waals surface area contributed by atoms with E-state index in [1.807, 2.05) is 72.8 Å². The molecule has 2 aliphatic heterocycles. The number of hydrogen-bond acceptors (Lipinski definition) is 4. The Morgan fingerprint density at radius 2 is 1.34 bits per heavy atom. The Balaban J connectivity index is 1.48. The minimum atomic E-state index is 0.670. The molecule has 0 aromatic heterocycles. The minimum absolute atomic E-state index is 0.670. The summed E-state index contributed by atoms with van der Waals surface area (Å²) in [5.74, 6) is 3.14. The van der Waals surface area contributed by atoms with Gasteiger partial charge in [-0.05, 0) is 48.5 Å². The summed E-state index contributed by atoms with van der Waals surface area (Å²) >= 11 is 6.30. The molecular formula is C24H15ClN2O2. The molecule has 0 spiro atoms. The monoisotopic (exact) mass is 398 g/mol. The highest BCUT2D eigenvalue weighted by Crippen LogP contribution is 2.59. The standard InChI is InChI=1S/C24H15ClN2O2/c25-16-6-1-2-7-17(16)26-15-12-13-19-23(14-15)29-22-11-5-10-21-24(22)27(19)18-8-3-4-9-20(18)28-21/h1-14,26H. The van der Waals surface area contributed by atoms with Crippen molar-refractivity contribution in [1.29, 1.82) is 0 Å². The first-order chi connectivity index (χ1) is 14.3. The highest BCUT2D eigenvalue weighted by Gasteiger charge is 2.34. The van der Waals surface area contributed by atoms with E-state index in [1.165, 1.54) is 0 Å². The second-order valence-corrected chi connectivity index (χ2v) is 7.30. The van der Waals surface area contributed by atoms with Crippen molar-refractivity contribution >= 4 is 40.0 Å². The van der Waals surface area contributed by atoms with Crippen LogP contribution in [0.2, 0.25) is 5.02 Å². The lowest BCUT2D eigenvalue weighted by molar-refractivity contribution is 0.446. The van der Waals surface area contributed by atoms with Crippen molar-refractivity contribution in [3.63, 3.8) is 0 Å². The first kappa shape index (κ1) is 16.3. The van der Waals surface area contributed by atoms with Gasteiger partial charge in [0.15, 0.2) is 23.0 Å². The highest BCUT2D eigenvalue weighted by atomic mass is 35.5. The van der Waals surface area contributed by atoms with Crippen molar-refractivity contribution in [2.45, 2.75) is 0 Å². The number of hydrogen-bond donors (Lipinski definition) is 1. The zero-order valence-electron chi connectivity index (χ0n) is 15.2. The van der Waals surface area contributed by atoms with Gasteiger partial charge in [-0.3, -0.25) is 4.90 Å². The fraction of sp³-hybridized carbons (Fsp3) is 0. The molecule has 0 atom stereocenters. The maximum absolute atomic E-state index is 6.30. The van der Waals surface area contributed by atoms with E-state index in [0.29, 0.717) is 5.02 Å². The van der Waals surface area contributed by atoms with Gasteiger partial charge in [-0.25, -0.2) is 0 Å². The Morgan fingerprint density at radius 1 is 0.655 bits per heavy atom. The Kier molecular flexibility index (Phi) is 3.49. The SMILES string of the molecule is Clc1ccccc1Nc1ccc2c(c1)Oc1cccc3c1N2c1ccccc1O3. The average Bonchev–Trinajstić information content (AvgIpc) is 2.75. The van der Waals surface area contributed by atoms with Gasteiger partial charge in [0.1, 0.15) is 5.69 Å². The molecule has 5 heteroatoms. The molecule has 1 N–H and O–H groups in total. The molecule has 0 bridgehead atoms. The number of para-hydroxylation sites is 4. The van der Waals surface area contributed by atoms with Gasteiger partial charge in [0.25, 0.3) is 0 Å². The first-order valence-corrected chi connectivity index (χ1v) is 9.69. The lowest BCUT2D eigenvalue weighted by atomic mass is 10.1. The average molecular weight is 399 g/mol. The van der Waals surface area contributed by atoms with E-state index in [0.717, 1.165) is 51.4 Å². The Bertz CT molecular complexity index is 1270.